The molecule has 0 aromatic heterocycles. The topological polar surface area (TPSA) is 318 Å². The van der Waals surface area contributed by atoms with Crippen LogP contribution in [0.4, 0.5) is 0 Å². The molecule has 3 fully saturated rings. The Kier molecular flexibility index (Phi) is 26.9. The molecule has 506 valence electrons. The van der Waals surface area contributed by atoms with Gasteiger partial charge in [0.2, 0.25) is 0 Å². The lowest BCUT2D eigenvalue weighted by Crippen LogP contribution is -2.69. The average molecular weight is 1450 g/mol. The van der Waals surface area contributed by atoms with Crippen LogP contribution in [0.2, 0.25) is 0 Å². The number of ether oxygens (including phenoxy) is 16. The van der Waals surface area contributed by atoms with Crippen LogP contribution in [0.25, 0.3) is 0 Å². The molecule has 8 rings (SSSR count). The molecule has 0 bridgehead atoms. The van der Waals surface area contributed by atoms with Gasteiger partial charge in [-0.1, -0.05) is 123 Å². The van der Waals surface area contributed by atoms with Crippen LogP contribution in [0.1, 0.15) is 86.4 Å². The van der Waals surface area contributed by atoms with E-state index in [1.807, 2.05) is 0 Å². The summed E-state index contributed by atoms with van der Waals surface area (Å²) in [5, 5.41) is 0.779. The normalized spacial score (nSPS) is 25.5. The van der Waals surface area contributed by atoms with E-state index in [1.54, 1.807) is 66.7 Å². The second kappa shape index (κ2) is 35.3. The van der Waals surface area contributed by atoms with Crippen LogP contribution in [-0.4, -0.2) is 189 Å². The number of rotatable bonds is 27. The van der Waals surface area contributed by atoms with Crippen LogP contribution in [0.5, 0.6) is 0 Å². The lowest BCUT2D eigenvalue weighted by atomic mass is 9.95. The van der Waals surface area contributed by atoms with Crippen LogP contribution in [-0.2, 0) is 99.8 Å². The summed E-state index contributed by atoms with van der Waals surface area (Å²) in [7, 11) is 0. The maximum atomic E-state index is 14.9. The number of carbonyl (C=O) groups excluding carboxylic acids is 10. The third-order valence-electron chi connectivity index (χ3n) is 14.5. The minimum atomic E-state index is -2.21. The Hall–Kier alpha value is -8.48. The van der Waals surface area contributed by atoms with Gasteiger partial charge in [-0.3, -0.25) is 24.0 Å². The van der Waals surface area contributed by atoms with Crippen molar-refractivity contribution in [1.82, 2.24) is 0 Å². The van der Waals surface area contributed by atoms with Gasteiger partial charge >= 0.3 is 59.7 Å². The molecule has 0 N–H and O–H groups in total. The fourth-order valence-corrected chi connectivity index (χ4v) is 11.6. The van der Waals surface area contributed by atoms with Crippen molar-refractivity contribution in [2.75, 3.05) is 37.1 Å². The van der Waals surface area contributed by atoms with Gasteiger partial charge in [-0.2, -0.15) is 0 Å². The molecule has 0 unspecified atom stereocenters. The van der Waals surface area contributed by atoms with E-state index in [0.29, 0.717) is 10.7 Å². The summed E-state index contributed by atoms with van der Waals surface area (Å²) in [6.07, 6.45) is -28.6. The summed E-state index contributed by atoms with van der Waals surface area (Å²) in [5.74, 6) is -10.2. The quantitative estimate of drug-likeness (QED) is 0.0289. The van der Waals surface area contributed by atoms with E-state index >= 15 is 0 Å². The van der Waals surface area contributed by atoms with Gasteiger partial charge in [0, 0.05) is 51.2 Å². The molecule has 0 saturated carbocycles. The van der Waals surface area contributed by atoms with E-state index in [-0.39, 0.29) is 40.3 Å². The van der Waals surface area contributed by atoms with Crippen molar-refractivity contribution < 1.29 is 124 Å². The molecule has 0 aliphatic carbocycles. The van der Waals surface area contributed by atoms with Crippen molar-refractivity contribution in [3.63, 3.8) is 0 Å². The summed E-state index contributed by atoms with van der Waals surface area (Å²) in [4.78, 5) is 138. The highest BCUT2D eigenvalue weighted by atomic mass is 79.9. The molecule has 15 atom stereocenters. The SMILES string of the molecule is CC(=O)OC[C@H]1O[C@H](O[C@@H]2[C@H](OC(=O)c3ccccc3)[C@@H](OC(=O)c3ccccc3)[C@H](O[C@H]3[C@H](OC(=O)c4ccccc4)[C@@H](OC(=O)c4ccccc4)[C@H](OCC(CBr)CBr)O[C@@H]3COC(=O)c3ccccc3)O[C@@H]2COC(C)=O)[C@H](OC(C)=O)[C@@H](OC(C)=O)[C@H]1OC(C)=O. The highest BCUT2D eigenvalue weighted by Gasteiger charge is 2.61. The summed E-state index contributed by atoms with van der Waals surface area (Å²) in [6, 6.07) is 38.0. The van der Waals surface area contributed by atoms with Gasteiger partial charge in [0.25, 0.3) is 0 Å². The average Bonchev–Trinajstić information content (AvgIpc) is 0.763. The fourth-order valence-electron chi connectivity index (χ4n) is 10.2. The van der Waals surface area contributed by atoms with Crippen molar-refractivity contribution in [2.45, 2.75) is 127 Å². The zero-order valence-electron chi connectivity index (χ0n) is 51.8. The van der Waals surface area contributed by atoms with E-state index < -0.39 is 172 Å². The first-order chi connectivity index (χ1) is 45.7. The molecule has 3 aliphatic rings. The maximum absolute atomic E-state index is 14.9. The molecule has 95 heavy (non-hydrogen) atoms. The highest BCUT2D eigenvalue weighted by molar-refractivity contribution is 9.09. The van der Waals surface area contributed by atoms with E-state index in [1.165, 1.54) is 84.9 Å². The summed E-state index contributed by atoms with van der Waals surface area (Å²) in [6.45, 7) is 2.63. The second-order valence-corrected chi connectivity index (χ2v) is 22.9. The minimum absolute atomic E-state index is 0.0193. The number of benzene rings is 5. The Morgan fingerprint density at radius 1 is 0.326 bits per heavy atom. The Bertz CT molecular complexity index is 3400. The van der Waals surface area contributed by atoms with Crippen molar-refractivity contribution >= 4 is 91.6 Å². The maximum Gasteiger partial charge on any atom is 0.338 e. The number of hydrogen-bond acceptors (Lipinski definition) is 26. The molecular weight excluding hydrogens is 1380 g/mol. The van der Waals surface area contributed by atoms with Crippen molar-refractivity contribution in [3.8, 4) is 0 Å². The Morgan fingerprint density at radius 2 is 0.600 bits per heavy atom. The summed E-state index contributed by atoms with van der Waals surface area (Å²) in [5.41, 5.74) is -0.100. The van der Waals surface area contributed by atoms with E-state index in [9.17, 15) is 47.9 Å². The van der Waals surface area contributed by atoms with Crippen molar-refractivity contribution in [1.29, 1.82) is 0 Å². The van der Waals surface area contributed by atoms with Crippen molar-refractivity contribution in [2.24, 2.45) is 5.92 Å². The van der Waals surface area contributed by atoms with Gasteiger partial charge in [-0.15, -0.1) is 0 Å². The predicted molar refractivity (Wildman–Crippen MR) is 332 cm³/mol. The van der Waals surface area contributed by atoms with Gasteiger partial charge in [0.1, 0.15) is 50.3 Å². The molecule has 3 saturated heterocycles. The molecule has 3 heterocycles. The molecule has 5 aromatic rings. The smallest absolute Gasteiger partial charge is 0.338 e. The number of hydrogen-bond donors (Lipinski definition) is 0. The Balaban J connectivity index is 1.35. The third-order valence-corrected chi connectivity index (χ3v) is 16.3. The lowest BCUT2D eigenvalue weighted by Gasteiger charge is -2.50. The Morgan fingerprint density at radius 3 is 0.947 bits per heavy atom. The van der Waals surface area contributed by atoms with E-state index in [0.717, 1.165) is 34.6 Å². The third kappa shape index (κ3) is 20.3. The van der Waals surface area contributed by atoms with Gasteiger partial charge in [-0.05, 0) is 60.7 Å². The van der Waals surface area contributed by atoms with Gasteiger partial charge in [0.05, 0.1) is 34.4 Å². The molecule has 5 aromatic carbocycles. The monoisotopic (exact) mass is 1450 g/mol. The number of carbonyl (C=O) groups is 10. The predicted octanol–water partition coefficient (Wildman–Crippen LogP) is 7.03. The fraction of sp³-hybridized carbons (Fsp3) is 0.403. The first-order valence-electron chi connectivity index (χ1n) is 29.8. The summed E-state index contributed by atoms with van der Waals surface area (Å²) >= 11 is 6.98. The molecule has 0 amide bonds. The number of alkyl halides is 2. The zero-order chi connectivity index (χ0) is 68.1. The molecule has 26 nitrogen and oxygen atoms in total. The molecule has 3 aliphatic heterocycles. The van der Waals surface area contributed by atoms with E-state index in [4.69, 9.17) is 75.8 Å². The lowest BCUT2D eigenvalue weighted by molar-refractivity contribution is -0.377. The van der Waals surface area contributed by atoms with Gasteiger partial charge in [0.15, 0.2) is 61.6 Å². The first-order valence-corrected chi connectivity index (χ1v) is 32.0. The number of halogens is 2. The van der Waals surface area contributed by atoms with Crippen LogP contribution < -0.4 is 0 Å². The largest absolute Gasteiger partial charge is 0.463 e. The van der Waals surface area contributed by atoms with Crippen LogP contribution >= 0.6 is 31.9 Å². The summed E-state index contributed by atoms with van der Waals surface area (Å²) < 4.78 is 99.8. The second-order valence-electron chi connectivity index (χ2n) is 21.6. The van der Waals surface area contributed by atoms with Crippen molar-refractivity contribution in [3.05, 3.63) is 179 Å². The van der Waals surface area contributed by atoms with Gasteiger partial charge in [-0.25, -0.2) is 24.0 Å². The molecular formula is C67H68Br2O26. The van der Waals surface area contributed by atoms with E-state index in [2.05, 4.69) is 31.9 Å². The Labute approximate surface area is 561 Å². The standard InChI is InChI=1S/C67H68Br2O26/c1-37(70)80-34-48-51(84-39(3)72)54(85-40(4)73)58(86-41(5)74)66(88-48)94-52-49(35-81-38(2)71)89-67(59(93-64(79)47-29-19-10-20-30-47)56(52)91-62(77)45-25-15-8-16-26-45)95-53-50(36-82-60(75)43-21-11-6-12-22-43)87-65(83-33-42(31-68)32-69)57(92-63(78)46-27-17-9-18-28-46)55(53)90-61(76)44-23-13-7-14-24-44/h6-30,42,48-59,65-67H,31-36H2,1-5H3/t48-,49-,50-,51+,52+,53-,54+,55+,56+,57-,58-,59-,65-,66-,67+/m1/s1. The van der Waals surface area contributed by atoms with Crippen LogP contribution in [0, 0.1) is 5.92 Å². The highest BCUT2D eigenvalue weighted by Crippen LogP contribution is 2.39. The van der Waals surface area contributed by atoms with Crippen LogP contribution in [0.15, 0.2) is 152 Å². The first kappa shape index (κ1) is 72.4. The number of esters is 10. The molecule has 28 heteroatoms. The zero-order valence-corrected chi connectivity index (χ0v) is 55.0. The molecule has 0 radical (unpaired) electrons. The van der Waals surface area contributed by atoms with Crippen LogP contribution in [0.3, 0.4) is 0 Å². The van der Waals surface area contributed by atoms with Gasteiger partial charge < -0.3 is 75.8 Å². The molecule has 0 spiro atoms. The minimum Gasteiger partial charge on any atom is -0.463 e.